The Morgan fingerprint density at radius 2 is 1.78 bits per heavy atom. The highest BCUT2D eigenvalue weighted by Gasteiger charge is 2.38. The lowest BCUT2D eigenvalue weighted by Crippen LogP contribution is -2.27. The van der Waals surface area contributed by atoms with Gasteiger partial charge in [-0.1, -0.05) is 23.8 Å². The van der Waals surface area contributed by atoms with E-state index >= 15 is 0 Å². The Bertz CT molecular complexity index is 1060. The van der Waals surface area contributed by atoms with Crippen LogP contribution in [0, 0.1) is 0 Å². The molecular formula is C22H22O3S2. The van der Waals surface area contributed by atoms with Crippen LogP contribution in [0.4, 0.5) is 0 Å². The van der Waals surface area contributed by atoms with Gasteiger partial charge in [-0.05, 0) is 67.1 Å². The maximum atomic E-state index is 11.8. The average molecular weight is 399 g/mol. The van der Waals surface area contributed by atoms with Crippen molar-refractivity contribution in [1.29, 1.82) is 0 Å². The van der Waals surface area contributed by atoms with E-state index < -0.39 is 9.84 Å². The fourth-order valence-corrected chi connectivity index (χ4v) is 5.52. The second kappa shape index (κ2) is 6.57. The number of ether oxygens (including phenoxy) is 1. The fraction of sp³-hybridized carbons (Fsp3) is 0.273. The number of allylic oxidation sites excluding steroid dienone is 1. The zero-order valence-electron chi connectivity index (χ0n) is 15.7. The van der Waals surface area contributed by atoms with Crippen LogP contribution in [0.3, 0.4) is 0 Å². The Kier molecular flexibility index (Phi) is 4.47. The molecule has 1 atom stereocenters. The predicted octanol–water partition coefficient (Wildman–Crippen LogP) is 5.24. The minimum absolute atomic E-state index is 0.0531. The highest BCUT2D eigenvalue weighted by atomic mass is 32.2. The molecule has 5 heteroatoms. The zero-order valence-corrected chi connectivity index (χ0v) is 17.3. The average Bonchev–Trinajstić information content (AvgIpc) is 3.00. The second-order valence-electron chi connectivity index (χ2n) is 7.48. The number of benzene rings is 2. The highest BCUT2D eigenvalue weighted by Crippen LogP contribution is 2.50. The quantitative estimate of drug-likeness (QED) is 0.709. The van der Waals surface area contributed by atoms with Gasteiger partial charge in [-0.15, -0.1) is 11.8 Å². The van der Waals surface area contributed by atoms with E-state index in [9.17, 15) is 8.42 Å². The lowest BCUT2D eigenvalue weighted by Gasteiger charge is -2.33. The predicted molar refractivity (Wildman–Crippen MR) is 112 cm³/mol. The van der Waals surface area contributed by atoms with E-state index in [1.165, 1.54) is 23.0 Å². The molecule has 2 heterocycles. The number of hydrogen-bond donors (Lipinski definition) is 0. The molecule has 2 aliphatic rings. The molecule has 2 aromatic carbocycles. The second-order valence-corrected chi connectivity index (χ2v) is 10.9. The molecule has 0 fully saturated rings. The summed E-state index contributed by atoms with van der Waals surface area (Å²) < 4.78 is 29.9. The van der Waals surface area contributed by atoms with Crippen LogP contribution in [0.25, 0.3) is 5.76 Å². The minimum atomic E-state index is -3.22. The minimum Gasteiger partial charge on any atom is -0.456 e. The Labute approximate surface area is 165 Å². The molecule has 1 unspecified atom stereocenters. The van der Waals surface area contributed by atoms with Crippen molar-refractivity contribution in [2.75, 3.05) is 6.26 Å². The smallest absolute Gasteiger partial charge is 0.175 e. The normalized spacial score (nSPS) is 22.3. The topological polar surface area (TPSA) is 43.4 Å². The standard InChI is InChI=1S/C22H22O3S2/c1-15-13-22(2,26-14-15)19-12-17-6-4-5-7-20(17)25-21(19)16-8-10-18(11-9-16)27(3,23)24/h4-11,14H,12-13H2,1-3H3. The van der Waals surface area contributed by atoms with Crippen LogP contribution in [0.5, 0.6) is 5.75 Å². The molecule has 0 saturated heterocycles. The van der Waals surface area contributed by atoms with Gasteiger partial charge in [-0.3, -0.25) is 0 Å². The van der Waals surface area contributed by atoms with Gasteiger partial charge >= 0.3 is 0 Å². The van der Waals surface area contributed by atoms with E-state index in [2.05, 4.69) is 25.3 Å². The first-order valence-corrected chi connectivity index (χ1v) is 11.7. The molecule has 0 bridgehead atoms. The monoisotopic (exact) mass is 398 g/mol. The van der Waals surface area contributed by atoms with Gasteiger partial charge in [0.1, 0.15) is 11.5 Å². The third-order valence-corrected chi connectivity index (χ3v) is 7.71. The number of hydrogen-bond acceptors (Lipinski definition) is 4. The van der Waals surface area contributed by atoms with Crippen molar-refractivity contribution in [1.82, 2.24) is 0 Å². The van der Waals surface area contributed by atoms with E-state index in [0.29, 0.717) is 4.90 Å². The van der Waals surface area contributed by atoms with Crippen molar-refractivity contribution in [2.24, 2.45) is 0 Å². The van der Waals surface area contributed by atoms with Crippen LogP contribution in [0.2, 0.25) is 0 Å². The summed E-state index contributed by atoms with van der Waals surface area (Å²) in [4.78, 5) is 0.323. The number of para-hydroxylation sites is 1. The molecule has 4 rings (SSSR count). The van der Waals surface area contributed by atoms with Gasteiger partial charge in [0.15, 0.2) is 9.84 Å². The summed E-state index contributed by atoms with van der Waals surface area (Å²) in [6.45, 7) is 4.43. The third-order valence-electron chi connectivity index (χ3n) is 5.15. The van der Waals surface area contributed by atoms with Gasteiger partial charge in [0.2, 0.25) is 0 Å². The van der Waals surface area contributed by atoms with Crippen LogP contribution < -0.4 is 4.74 Å². The summed E-state index contributed by atoms with van der Waals surface area (Å²) in [5.41, 5.74) is 4.74. The van der Waals surface area contributed by atoms with Crippen LogP contribution >= 0.6 is 11.8 Å². The molecule has 3 nitrogen and oxygen atoms in total. The van der Waals surface area contributed by atoms with Crippen LogP contribution in [0.1, 0.15) is 31.4 Å². The lowest BCUT2D eigenvalue weighted by atomic mass is 9.85. The van der Waals surface area contributed by atoms with Crippen molar-refractivity contribution >= 4 is 27.4 Å². The summed E-state index contributed by atoms with van der Waals surface area (Å²) >= 11 is 1.84. The first kappa shape index (κ1) is 18.4. The fourth-order valence-electron chi connectivity index (χ4n) is 3.73. The Balaban J connectivity index is 1.82. The maximum Gasteiger partial charge on any atom is 0.175 e. The molecule has 2 aromatic rings. The van der Waals surface area contributed by atoms with Gasteiger partial charge in [0.25, 0.3) is 0 Å². The van der Waals surface area contributed by atoms with Crippen molar-refractivity contribution in [3.63, 3.8) is 0 Å². The van der Waals surface area contributed by atoms with Crippen molar-refractivity contribution in [3.05, 3.63) is 76.2 Å². The van der Waals surface area contributed by atoms with Gasteiger partial charge < -0.3 is 4.74 Å². The molecular weight excluding hydrogens is 376 g/mol. The first-order valence-electron chi connectivity index (χ1n) is 8.90. The zero-order chi connectivity index (χ0) is 19.2. The molecule has 0 aromatic heterocycles. The summed E-state index contributed by atoms with van der Waals surface area (Å²) in [6, 6.07) is 15.1. The Hall–Kier alpha value is -1.98. The summed E-state index contributed by atoms with van der Waals surface area (Å²) in [5.74, 6) is 1.73. The van der Waals surface area contributed by atoms with Gasteiger partial charge in [-0.2, -0.15) is 0 Å². The summed E-state index contributed by atoms with van der Waals surface area (Å²) in [5, 5.41) is 2.23. The molecule has 0 aliphatic carbocycles. The van der Waals surface area contributed by atoms with E-state index in [-0.39, 0.29) is 4.75 Å². The Morgan fingerprint density at radius 3 is 2.41 bits per heavy atom. The van der Waals surface area contributed by atoms with Crippen LogP contribution in [-0.2, 0) is 16.3 Å². The number of thioether (sulfide) groups is 1. The lowest BCUT2D eigenvalue weighted by molar-refractivity contribution is 0.479. The Morgan fingerprint density at radius 1 is 1.07 bits per heavy atom. The van der Waals surface area contributed by atoms with Gasteiger partial charge in [0, 0.05) is 23.0 Å². The van der Waals surface area contributed by atoms with E-state index in [1.807, 2.05) is 42.1 Å². The van der Waals surface area contributed by atoms with E-state index in [4.69, 9.17) is 4.74 Å². The van der Waals surface area contributed by atoms with E-state index in [0.717, 1.165) is 29.9 Å². The highest BCUT2D eigenvalue weighted by molar-refractivity contribution is 8.03. The van der Waals surface area contributed by atoms with E-state index in [1.54, 1.807) is 12.1 Å². The maximum absolute atomic E-state index is 11.8. The van der Waals surface area contributed by atoms with Crippen molar-refractivity contribution in [2.45, 2.75) is 36.3 Å². The number of rotatable bonds is 3. The van der Waals surface area contributed by atoms with Crippen molar-refractivity contribution < 1.29 is 13.2 Å². The summed E-state index contributed by atoms with van der Waals surface area (Å²) in [6.07, 6.45) is 3.05. The molecule has 140 valence electrons. The molecule has 2 aliphatic heterocycles. The van der Waals surface area contributed by atoms with Gasteiger partial charge in [-0.25, -0.2) is 8.42 Å². The molecule has 0 N–H and O–H groups in total. The number of sulfone groups is 1. The van der Waals surface area contributed by atoms with Gasteiger partial charge in [0.05, 0.1) is 4.90 Å². The van der Waals surface area contributed by atoms with Crippen LogP contribution in [0.15, 0.2) is 70.0 Å². The molecule has 27 heavy (non-hydrogen) atoms. The largest absolute Gasteiger partial charge is 0.456 e. The van der Waals surface area contributed by atoms with Crippen molar-refractivity contribution in [3.8, 4) is 5.75 Å². The third kappa shape index (κ3) is 3.46. The summed E-state index contributed by atoms with van der Waals surface area (Å²) in [7, 11) is -3.22. The van der Waals surface area contributed by atoms with Crippen LogP contribution in [-0.4, -0.2) is 19.4 Å². The molecule has 0 amide bonds. The SMILES string of the molecule is CC1=CSC(C)(C2=C(c3ccc(S(C)(=O)=O)cc3)Oc3ccccc3C2)C1. The molecule has 0 spiro atoms. The number of fused-ring (bicyclic) bond motifs is 1. The molecule has 0 radical (unpaired) electrons. The first-order chi connectivity index (χ1) is 12.8. The molecule has 0 saturated carbocycles.